The predicted molar refractivity (Wildman–Crippen MR) is 140 cm³/mol. The van der Waals surface area contributed by atoms with Crippen molar-refractivity contribution in [2.24, 2.45) is 0 Å². The first-order valence-corrected chi connectivity index (χ1v) is 11.4. The normalized spacial score (nSPS) is 10.6. The molecule has 4 rings (SSSR count). The van der Waals surface area contributed by atoms with Gasteiger partial charge in [0, 0.05) is 47.4 Å². The van der Waals surface area contributed by atoms with Crippen molar-refractivity contribution in [3.05, 3.63) is 71.8 Å². The van der Waals surface area contributed by atoms with Crippen LogP contribution in [0.1, 0.15) is 27.6 Å². The Balaban J connectivity index is 1.66. The monoisotopic (exact) mass is 485 g/mol. The van der Waals surface area contributed by atoms with E-state index in [-0.39, 0.29) is 11.8 Å². The molecule has 9 nitrogen and oxygen atoms in total. The van der Waals surface area contributed by atoms with Crippen LogP contribution >= 0.6 is 0 Å². The standard InChI is InChI=1S/C27H27N5O4/c1-5-29-25(33)16-9-11-17(12-10-16)26(34)30-19-8-6-7-18(13-19)24-20-14-22(35-3)23(36-4)15-21(20)31-27(28-2)32-24/h6-15H,5H2,1-4H3,(H,29,33)(H,30,34)(H,28,31,32). The topological polar surface area (TPSA) is 114 Å². The summed E-state index contributed by atoms with van der Waals surface area (Å²) in [6.07, 6.45) is 0. The molecule has 0 aliphatic rings. The number of fused-ring (bicyclic) bond motifs is 1. The van der Waals surface area contributed by atoms with E-state index in [4.69, 9.17) is 9.47 Å². The van der Waals surface area contributed by atoms with Gasteiger partial charge < -0.3 is 25.4 Å². The van der Waals surface area contributed by atoms with Gasteiger partial charge in [-0.15, -0.1) is 0 Å². The number of amides is 2. The Morgan fingerprint density at radius 1 is 0.861 bits per heavy atom. The lowest BCUT2D eigenvalue weighted by Crippen LogP contribution is -2.22. The largest absolute Gasteiger partial charge is 0.493 e. The molecule has 3 N–H and O–H groups in total. The third-order valence-corrected chi connectivity index (χ3v) is 5.57. The van der Waals surface area contributed by atoms with E-state index in [9.17, 15) is 9.59 Å². The van der Waals surface area contributed by atoms with Crippen molar-refractivity contribution in [2.45, 2.75) is 6.92 Å². The molecule has 0 radical (unpaired) electrons. The molecule has 9 heteroatoms. The summed E-state index contributed by atoms with van der Waals surface area (Å²) < 4.78 is 10.9. The Morgan fingerprint density at radius 2 is 1.53 bits per heavy atom. The molecule has 0 spiro atoms. The number of rotatable bonds is 8. The van der Waals surface area contributed by atoms with Crippen molar-refractivity contribution in [1.29, 1.82) is 0 Å². The quantitative estimate of drug-likeness (QED) is 0.340. The van der Waals surface area contributed by atoms with Crippen LogP contribution in [0.4, 0.5) is 11.6 Å². The van der Waals surface area contributed by atoms with Gasteiger partial charge in [0.05, 0.1) is 25.4 Å². The van der Waals surface area contributed by atoms with Crippen LogP contribution in [-0.2, 0) is 0 Å². The molecule has 0 bridgehead atoms. The summed E-state index contributed by atoms with van der Waals surface area (Å²) in [4.78, 5) is 34.0. The summed E-state index contributed by atoms with van der Waals surface area (Å²) in [5.41, 5.74) is 3.68. The van der Waals surface area contributed by atoms with Crippen LogP contribution in [0.3, 0.4) is 0 Å². The number of nitrogens with zero attached hydrogens (tertiary/aromatic N) is 2. The molecule has 0 atom stereocenters. The maximum Gasteiger partial charge on any atom is 0.255 e. The van der Waals surface area contributed by atoms with E-state index < -0.39 is 0 Å². The van der Waals surface area contributed by atoms with Gasteiger partial charge in [-0.1, -0.05) is 12.1 Å². The molecular formula is C27H27N5O4. The van der Waals surface area contributed by atoms with Gasteiger partial charge in [0.1, 0.15) is 0 Å². The van der Waals surface area contributed by atoms with Gasteiger partial charge in [0.25, 0.3) is 11.8 Å². The van der Waals surface area contributed by atoms with E-state index in [1.165, 1.54) is 0 Å². The maximum absolute atomic E-state index is 12.9. The lowest BCUT2D eigenvalue weighted by molar-refractivity contribution is 0.0954. The zero-order valence-electron chi connectivity index (χ0n) is 20.5. The van der Waals surface area contributed by atoms with Gasteiger partial charge >= 0.3 is 0 Å². The number of methoxy groups -OCH3 is 2. The average molecular weight is 486 g/mol. The fourth-order valence-electron chi connectivity index (χ4n) is 3.77. The summed E-state index contributed by atoms with van der Waals surface area (Å²) in [6.45, 7) is 2.39. The van der Waals surface area contributed by atoms with Gasteiger partial charge in [0.15, 0.2) is 11.5 Å². The minimum absolute atomic E-state index is 0.176. The lowest BCUT2D eigenvalue weighted by Gasteiger charge is -2.13. The van der Waals surface area contributed by atoms with Crippen LogP contribution in [0.15, 0.2) is 60.7 Å². The summed E-state index contributed by atoms with van der Waals surface area (Å²) in [5, 5.41) is 9.42. The van der Waals surface area contributed by atoms with Crippen molar-refractivity contribution in [1.82, 2.24) is 15.3 Å². The SMILES string of the molecule is CCNC(=O)c1ccc(C(=O)Nc2cccc(-c3nc(NC)nc4cc(OC)c(OC)cc34)c2)cc1. The van der Waals surface area contributed by atoms with Crippen LogP contribution in [0.2, 0.25) is 0 Å². The van der Waals surface area contributed by atoms with Crippen molar-refractivity contribution in [3.63, 3.8) is 0 Å². The number of ether oxygens (including phenoxy) is 2. The molecule has 0 saturated heterocycles. The second-order valence-corrected chi connectivity index (χ2v) is 7.84. The van der Waals surface area contributed by atoms with E-state index in [0.717, 1.165) is 10.9 Å². The van der Waals surface area contributed by atoms with Crippen LogP contribution < -0.4 is 25.4 Å². The fourth-order valence-corrected chi connectivity index (χ4v) is 3.77. The van der Waals surface area contributed by atoms with E-state index in [1.807, 2.05) is 31.2 Å². The second-order valence-electron chi connectivity index (χ2n) is 7.84. The summed E-state index contributed by atoms with van der Waals surface area (Å²) >= 11 is 0. The molecule has 1 heterocycles. The van der Waals surface area contributed by atoms with E-state index in [0.29, 0.717) is 52.0 Å². The van der Waals surface area contributed by atoms with Crippen molar-refractivity contribution in [2.75, 3.05) is 38.4 Å². The minimum atomic E-state index is -0.288. The first-order valence-electron chi connectivity index (χ1n) is 11.4. The van der Waals surface area contributed by atoms with Crippen LogP contribution in [-0.4, -0.2) is 49.6 Å². The van der Waals surface area contributed by atoms with Crippen LogP contribution in [0.25, 0.3) is 22.2 Å². The Labute approximate surface area is 208 Å². The minimum Gasteiger partial charge on any atom is -0.493 e. The molecule has 0 aliphatic heterocycles. The zero-order valence-corrected chi connectivity index (χ0v) is 20.5. The number of hydrogen-bond donors (Lipinski definition) is 3. The molecule has 0 saturated carbocycles. The number of aromatic nitrogens is 2. The molecule has 0 aliphatic carbocycles. The van der Waals surface area contributed by atoms with Crippen molar-refractivity contribution < 1.29 is 19.1 Å². The Kier molecular flexibility index (Phi) is 7.29. The maximum atomic E-state index is 12.9. The molecule has 36 heavy (non-hydrogen) atoms. The first kappa shape index (κ1) is 24.5. The second kappa shape index (κ2) is 10.7. The van der Waals surface area contributed by atoms with Crippen molar-refractivity contribution in [3.8, 4) is 22.8 Å². The molecule has 0 fully saturated rings. The van der Waals surface area contributed by atoms with E-state index in [2.05, 4.69) is 25.9 Å². The Morgan fingerprint density at radius 3 is 2.17 bits per heavy atom. The van der Waals surface area contributed by atoms with Gasteiger partial charge in [-0.3, -0.25) is 9.59 Å². The molecule has 2 amide bonds. The number of nitrogens with one attached hydrogen (secondary N) is 3. The van der Waals surface area contributed by atoms with Gasteiger partial charge in [-0.25, -0.2) is 9.97 Å². The van der Waals surface area contributed by atoms with Gasteiger partial charge in [-0.2, -0.15) is 0 Å². The highest BCUT2D eigenvalue weighted by Crippen LogP contribution is 2.36. The first-order chi connectivity index (χ1) is 17.5. The molecule has 184 valence electrons. The predicted octanol–water partition coefficient (Wildman–Crippen LogP) is 4.36. The molecular weight excluding hydrogens is 458 g/mol. The third-order valence-electron chi connectivity index (χ3n) is 5.57. The molecule has 3 aromatic carbocycles. The number of hydrogen-bond acceptors (Lipinski definition) is 7. The van der Waals surface area contributed by atoms with Gasteiger partial charge in [0.2, 0.25) is 5.95 Å². The number of carbonyl (C=O) groups is 2. The number of benzene rings is 3. The highest BCUT2D eigenvalue weighted by atomic mass is 16.5. The summed E-state index contributed by atoms with van der Waals surface area (Å²) in [5.74, 6) is 1.11. The number of anilines is 2. The molecule has 0 unspecified atom stereocenters. The summed E-state index contributed by atoms with van der Waals surface area (Å²) in [6, 6.07) is 17.6. The zero-order chi connectivity index (χ0) is 25.7. The summed E-state index contributed by atoms with van der Waals surface area (Å²) in [7, 11) is 4.90. The Bertz CT molecular complexity index is 1420. The fraction of sp³-hybridized carbons (Fsp3) is 0.185. The van der Waals surface area contributed by atoms with Crippen LogP contribution in [0, 0.1) is 0 Å². The highest BCUT2D eigenvalue weighted by Gasteiger charge is 2.15. The van der Waals surface area contributed by atoms with Gasteiger partial charge in [-0.05, 0) is 49.4 Å². The van der Waals surface area contributed by atoms with E-state index in [1.54, 1.807) is 57.7 Å². The molecule has 4 aromatic rings. The van der Waals surface area contributed by atoms with Crippen LogP contribution in [0.5, 0.6) is 11.5 Å². The number of carbonyl (C=O) groups excluding carboxylic acids is 2. The lowest BCUT2D eigenvalue weighted by atomic mass is 10.0. The highest BCUT2D eigenvalue weighted by molar-refractivity contribution is 6.05. The van der Waals surface area contributed by atoms with E-state index >= 15 is 0 Å². The third kappa shape index (κ3) is 5.05. The van der Waals surface area contributed by atoms with Crippen molar-refractivity contribution >= 4 is 34.4 Å². The molecule has 1 aromatic heterocycles. The average Bonchev–Trinajstić information content (AvgIpc) is 2.91. The smallest absolute Gasteiger partial charge is 0.255 e. The Hall–Kier alpha value is -4.66.